The van der Waals surface area contributed by atoms with Crippen LogP contribution >= 0.6 is 0 Å². The number of H-pyrrole nitrogens is 1. The minimum Gasteiger partial charge on any atom is -0.497 e. The van der Waals surface area contributed by atoms with E-state index in [1.165, 1.54) is 11.8 Å². The predicted molar refractivity (Wildman–Crippen MR) is 116 cm³/mol. The van der Waals surface area contributed by atoms with Gasteiger partial charge in [0.2, 0.25) is 5.43 Å². The minimum absolute atomic E-state index is 0.00987. The topological polar surface area (TPSA) is 108 Å². The lowest BCUT2D eigenvalue weighted by molar-refractivity contribution is 0.230. The molecule has 0 unspecified atom stereocenters. The highest BCUT2D eigenvalue weighted by Crippen LogP contribution is 2.31. The first-order valence-electron chi connectivity index (χ1n) is 9.72. The number of ether oxygens (including phenoxy) is 3. The molecule has 0 aliphatic carbocycles. The van der Waals surface area contributed by atoms with Crippen LogP contribution in [0.25, 0.3) is 21.9 Å². The predicted octanol–water partition coefficient (Wildman–Crippen LogP) is 2.49. The van der Waals surface area contributed by atoms with E-state index < -0.39 is 11.0 Å². The van der Waals surface area contributed by atoms with Crippen LogP contribution in [0.4, 0.5) is 0 Å². The van der Waals surface area contributed by atoms with Crippen LogP contribution in [0.2, 0.25) is 0 Å². The van der Waals surface area contributed by atoms with Gasteiger partial charge >= 0.3 is 0 Å². The van der Waals surface area contributed by atoms with Crippen molar-refractivity contribution in [1.29, 1.82) is 0 Å². The molecule has 0 saturated carbocycles. The summed E-state index contributed by atoms with van der Waals surface area (Å²) in [6.45, 7) is 4.03. The van der Waals surface area contributed by atoms with Crippen molar-refractivity contribution in [3.8, 4) is 17.2 Å². The first kappa shape index (κ1) is 20.4. The van der Waals surface area contributed by atoms with Crippen molar-refractivity contribution in [1.82, 2.24) is 20.0 Å². The molecule has 2 aromatic heterocycles. The molecule has 2 heterocycles. The van der Waals surface area contributed by atoms with Crippen LogP contribution in [-0.4, -0.2) is 40.3 Å². The van der Waals surface area contributed by atoms with Crippen LogP contribution in [0.3, 0.4) is 0 Å². The number of rotatable bonds is 6. The third-order valence-electron chi connectivity index (χ3n) is 4.82. The minimum atomic E-state index is -0.471. The normalized spacial score (nSPS) is 11.3. The van der Waals surface area contributed by atoms with Crippen molar-refractivity contribution < 1.29 is 14.2 Å². The molecule has 0 radical (unpaired) electrons. The monoisotopic (exact) mass is 422 g/mol. The van der Waals surface area contributed by atoms with Gasteiger partial charge in [0, 0.05) is 6.07 Å². The molecular weight excluding hydrogens is 400 g/mol. The first-order chi connectivity index (χ1) is 14.9. The Bertz CT molecular complexity index is 1370. The summed E-state index contributed by atoms with van der Waals surface area (Å²) in [4.78, 5) is 29.0. The van der Waals surface area contributed by atoms with Gasteiger partial charge in [-0.3, -0.25) is 9.59 Å². The Labute approximate surface area is 177 Å². The van der Waals surface area contributed by atoms with Crippen LogP contribution < -0.4 is 25.2 Å². The number of nitrogens with one attached hydrogen (secondary N) is 1. The van der Waals surface area contributed by atoms with Gasteiger partial charge in [-0.1, -0.05) is 17.3 Å². The smallest absolute Gasteiger partial charge is 0.276 e. The molecule has 0 amide bonds. The standard InChI is InChI=1S/C22H22N4O5/c1-12(2)31-18-10-16-15(9-17(18)30-4)21(27)19-20(22(28)23-16)26(25-24-19)11-13-5-7-14(29-3)8-6-13/h5-10,12H,11H2,1-4H3,(H,23,28). The lowest BCUT2D eigenvalue weighted by Crippen LogP contribution is -2.11. The summed E-state index contributed by atoms with van der Waals surface area (Å²) in [5.41, 5.74) is 0.414. The summed E-state index contributed by atoms with van der Waals surface area (Å²) >= 11 is 0. The summed E-state index contributed by atoms with van der Waals surface area (Å²) in [5.74, 6) is 1.55. The van der Waals surface area contributed by atoms with Crippen molar-refractivity contribution in [2.45, 2.75) is 26.5 Å². The molecule has 0 fully saturated rings. The van der Waals surface area contributed by atoms with Crippen LogP contribution in [0.15, 0.2) is 46.0 Å². The third kappa shape index (κ3) is 3.81. The molecule has 0 bridgehead atoms. The first-order valence-corrected chi connectivity index (χ1v) is 9.72. The highest BCUT2D eigenvalue weighted by Gasteiger charge is 2.17. The lowest BCUT2D eigenvalue weighted by Gasteiger charge is -2.13. The number of nitrogens with zero attached hydrogens (tertiary/aromatic N) is 3. The van der Waals surface area contributed by atoms with E-state index in [2.05, 4.69) is 15.3 Å². The van der Waals surface area contributed by atoms with Gasteiger partial charge in [-0.2, -0.15) is 0 Å². The maximum Gasteiger partial charge on any atom is 0.276 e. The Morgan fingerprint density at radius 2 is 1.77 bits per heavy atom. The highest BCUT2D eigenvalue weighted by molar-refractivity contribution is 5.89. The number of aromatic amines is 1. The number of aromatic nitrogens is 4. The molecule has 0 aliphatic rings. The van der Waals surface area contributed by atoms with Crippen LogP contribution in [0.5, 0.6) is 17.2 Å². The molecule has 9 heteroatoms. The highest BCUT2D eigenvalue weighted by atomic mass is 16.5. The number of methoxy groups -OCH3 is 2. The van der Waals surface area contributed by atoms with E-state index in [-0.39, 0.29) is 29.1 Å². The van der Waals surface area contributed by atoms with Gasteiger partial charge in [-0.25, -0.2) is 4.68 Å². The zero-order valence-electron chi connectivity index (χ0n) is 17.6. The van der Waals surface area contributed by atoms with E-state index in [0.29, 0.717) is 17.0 Å². The van der Waals surface area contributed by atoms with Crippen molar-refractivity contribution in [2.24, 2.45) is 0 Å². The molecule has 0 saturated heterocycles. The Balaban J connectivity index is 1.91. The van der Waals surface area contributed by atoms with Crippen molar-refractivity contribution in [3.63, 3.8) is 0 Å². The fourth-order valence-electron chi connectivity index (χ4n) is 3.37. The largest absolute Gasteiger partial charge is 0.497 e. The molecular formula is C22H22N4O5. The SMILES string of the molecule is COc1ccc(Cn2nnc3c(=O)c4cc(OC)c(OC(C)C)cc4[nH]c(=O)c32)cc1. The van der Waals surface area contributed by atoms with E-state index in [1.54, 1.807) is 19.2 Å². The quantitative estimate of drug-likeness (QED) is 0.508. The van der Waals surface area contributed by atoms with Crippen LogP contribution in [0, 0.1) is 0 Å². The summed E-state index contributed by atoms with van der Waals surface area (Å²) in [7, 11) is 3.08. The Morgan fingerprint density at radius 1 is 1.03 bits per heavy atom. The van der Waals surface area contributed by atoms with Gasteiger partial charge in [0.05, 0.1) is 37.8 Å². The average molecular weight is 422 g/mol. The Kier molecular flexibility index (Phi) is 5.33. The summed E-state index contributed by atoms with van der Waals surface area (Å²) in [6.07, 6.45) is -0.110. The Hall–Kier alpha value is -3.88. The van der Waals surface area contributed by atoms with Gasteiger partial charge in [-0.15, -0.1) is 5.10 Å². The number of hydrogen-bond acceptors (Lipinski definition) is 7. The molecule has 4 aromatic rings. The van der Waals surface area contributed by atoms with Crippen molar-refractivity contribution in [3.05, 3.63) is 62.5 Å². The summed E-state index contributed by atoms with van der Waals surface area (Å²) in [5, 5.41) is 8.32. The van der Waals surface area contributed by atoms with Gasteiger partial charge in [0.25, 0.3) is 5.56 Å². The Morgan fingerprint density at radius 3 is 2.42 bits per heavy atom. The molecule has 0 spiro atoms. The third-order valence-corrected chi connectivity index (χ3v) is 4.82. The zero-order valence-corrected chi connectivity index (χ0v) is 17.6. The van der Waals surface area contributed by atoms with Crippen LogP contribution in [0.1, 0.15) is 19.4 Å². The van der Waals surface area contributed by atoms with Crippen molar-refractivity contribution in [2.75, 3.05) is 14.2 Å². The van der Waals surface area contributed by atoms with E-state index in [1.807, 2.05) is 38.1 Å². The van der Waals surface area contributed by atoms with Gasteiger partial charge in [0.1, 0.15) is 5.75 Å². The molecule has 4 rings (SSSR count). The lowest BCUT2D eigenvalue weighted by atomic mass is 10.2. The van der Waals surface area contributed by atoms with Crippen molar-refractivity contribution >= 4 is 21.9 Å². The number of hydrogen-bond donors (Lipinski definition) is 1. The maximum absolute atomic E-state index is 13.2. The molecule has 9 nitrogen and oxygen atoms in total. The summed E-state index contributed by atoms with van der Waals surface area (Å²) < 4.78 is 17.7. The molecule has 1 N–H and O–H groups in total. The maximum atomic E-state index is 13.2. The number of benzene rings is 2. The molecule has 0 atom stereocenters. The molecule has 160 valence electrons. The molecule has 0 aliphatic heterocycles. The molecule has 31 heavy (non-hydrogen) atoms. The van der Waals surface area contributed by atoms with E-state index in [9.17, 15) is 9.59 Å². The average Bonchev–Trinajstić information content (AvgIpc) is 3.13. The van der Waals surface area contributed by atoms with E-state index in [4.69, 9.17) is 14.2 Å². The zero-order chi connectivity index (χ0) is 22.1. The van der Waals surface area contributed by atoms with E-state index >= 15 is 0 Å². The number of fused-ring (bicyclic) bond motifs is 2. The van der Waals surface area contributed by atoms with E-state index in [0.717, 1.165) is 11.3 Å². The van der Waals surface area contributed by atoms with Gasteiger partial charge < -0.3 is 19.2 Å². The second-order valence-corrected chi connectivity index (χ2v) is 7.29. The fraction of sp³-hybridized carbons (Fsp3) is 0.273. The second-order valence-electron chi connectivity index (χ2n) is 7.29. The molecule has 2 aromatic carbocycles. The van der Waals surface area contributed by atoms with Gasteiger partial charge in [0.15, 0.2) is 22.5 Å². The summed E-state index contributed by atoms with van der Waals surface area (Å²) in [6, 6.07) is 10.5. The second kappa shape index (κ2) is 8.10. The van der Waals surface area contributed by atoms with Crippen LogP contribution in [-0.2, 0) is 6.54 Å². The van der Waals surface area contributed by atoms with Gasteiger partial charge in [-0.05, 0) is 37.6 Å². The fourth-order valence-corrected chi connectivity index (χ4v) is 3.37.